The van der Waals surface area contributed by atoms with Gasteiger partial charge in [0, 0.05) is 0 Å². The van der Waals surface area contributed by atoms with Crippen molar-refractivity contribution in [2.24, 2.45) is 5.16 Å². The zero-order chi connectivity index (χ0) is 22.4. The summed E-state index contributed by atoms with van der Waals surface area (Å²) in [6, 6.07) is 4.59. The van der Waals surface area contributed by atoms with E-state index in [4.69, 9.17) is 9.47 Å². The molecule has 164 valence electrons. The van der Waals surface area contributed by atoms with Crippen LogP contribution in [0.25, 0.3) is 0 Å². The van der Waals surface area contributed by atoms with Gasteiger partial charge in [-0.05, 0) is 17.3 Å². The molecule has 0 fully saturated rings. The van der Waals surface area contributed by atoms with Crippen molar-refractivity contribution in [2.45, 2.75) is 9.79 Å². The summed E-state index contributed by atoms with van der Waals surface area (Å²) in [6.07, 6.45) is 0. The SMILES string of the molecule is CO/N=C(\Nc1nc(OC)nc(OC)n1)NS(=O)(=O)c1ccccc1S(=O)(=O)OC. The Labute approximate surface area is 172 Å². The molecule has 0 atom stereocenters. The Morgan fingerprint density at radius 3 is 1.97 bits per heavy atom. The largest absolute Gasteiger partial charge is 0.467 e. The number of nitrogens with zero attached hydrogens (tertiary/aromatic N) is 4. The number of nitrogens with one attached hydrogen (secondary N) is 2. The second-order valence-corrected chi connectivity index (χ2v) is 8.39. The van der Waals surface area contributed by atoms with Crippen molar-refractivity contribution in [3.8, 4) is 12.0 Å². The lowest BCUT2D eigenvalue weighted by atomic mass is 10.4. The van der Waals surface area contributed by atoms with Crippen LogP contribution in [0.4, 0.5) is 5.95 Å². The summed E-state index contributed by atoms with van der Waals surface area (Å²) >= 11 is 0. The highest BCUT2D eigenvalue weighted by Crippen LogP contribution is 2.22. The summed E-state index contributed by atoms with van der Waals surface area (Å²) in [5.41, 5.74) is 0. The molecule has 0 spiro atoms. The van der Waals surface area contributed by atoms with Gasteiger partial charge in [0.15, 0.2) is 0 Å². The Balaban J connectivity index is 2.42. The molecule has 0 saturated carbocycles. The molecular weight excluding hydrogens is 444 g/mol. The number of hydrogen-bond acceptors (Lipinski definition) is 12. The first-order valence-electron chi connectivity index (χ1n) is 7.81. The number of sulfonamides is 1. The first-order chi connectivity index (χ1) is 14.2. The van der Waals surface area contributed by atoms with Gasteiger partial charge in [-0.15, -0.1) is 4.98 Å². The van der Waals surface area contributed by atoms with Crippen molar-refractivity contribution >= 4 is 32.0 Å². The third-order valence-electron chi connectivity index (χ3n) is 3.23. The smallest absolute Gasteiger partial charge is 0.324 e. The number of methoxy groups -OCH3 is 2. The maximum Gasteiger partial charge on any atom is 0.324 e. The Bertz CT molecular complexity index is 1110. The topological polar surface area (TPSA) is 180 Å². The summed E-state index contributed by atoms with van der Waals surface area (Å²) < 4.78 is 66.1. The van der Waals surface area contributed by atoms with Crippen molar-refractivity contribution in [1.82, 2.24) is 19.7 Å². The summed E-state index contributed by atoms with van der Waals surface area (Å²) in [7, 11) is -4.11. The van der Waals surface area contributed by atoms with E-state index in [9.17, 15) is 16.8 Å². The average molecular weight is 462 g/mol. The van der Waals surface area contributed by atoms with E-state index in [1.807, 2.05) is 0 Å². The van der Waals surface area contributed by atoms with E-state index in [-0.39, 0.29) is 18.0 Å². The lowest BCUT2D eigenvalue weighted by molar-refractivity contribution is 0.212. The number of guanidine groups is 1. The molecule has 2 aromatic rings. The summed E-state index contributed by atoms with van der Waals surface area (Å²) in [5, 5.41) is 5.96. The number of anilines is 1. The Kier molecular flexibility index (Phi) is 7.30. The molecule has 1 aromatic carbocycles. The lowest BCUT2D eigenvalue weighted by Gasteiger charge is -2.13. The van der Waals surface area contributed by atoms with Crippen molar-refractivity contribution in [1.29, 1.82) is 0 Å². The molecule has 1 heterocycles. The predicted molar refractivity (Wildman–Crippen MR) is 102 cm³/mol. The molecule has 16 heteroatoms. The fourth-order valence-corrected chi connectivity index (χ4v) is 4.41. The van der Waals surface area contributed by atoms with Gasteiger partial charge in [0.05, 0.1) is 21.3 Å². The normalized spacial score (nSPS) is 12.2. The van der Waals surface area contributed by atoms with Gasteiger partial charge in [0.1, 0.15) is 16.9 Å². The predicted octanol–water partition coefficient (Wildman–Crippen LogP) is -0.468. The van der Waals surface area contributed by atoms with Gasteiger partial charge < -0.3 is 14.3 Å². The second kappa shape index (κ2) is 9.51. The van der Waals surface area contributed by atoms with Crippen LogP contribution in [0.15, 0.2) is 39.2 Å². The Morgan fingerprint density at radius 2 is 1.47 bits per heavy atom. The lowest BCUT2D eigenvalue weighted by Crippen LogP contribution is -2.37. The van der Waals surface area contributed by atoms with E-state index in [0.29, 0.717) is 0 Å². The van der Waals surface area contributed by atoms with Gasteiger partial charge in [-0.1, -0.05) is 12.1 Å². The highest BCUT2D eigenvalue weighted by molar-refractivity contribution is 7.92. The highest BCUT2D eigenvalue weighted by Gasteiger charge is 2.27. The molecule has 30 heavy (non-hydrogen) atoms. The number of aromatic nitrogens is 3. The fourth-order valence-electron chi connectivity index (χ4n) is 1.99. The Hall–Kier alpha value is -3.24. The summed E-state index contributed by atoms with van der Waals surface area (Å²) in [5.74, 6) is -0.688. The van der Waals surface area contributed by atoms with Gasteiger partial charge in [-0.25, -0.2) is 13.1 Å². The van der Waals surface area contributed by atoms with Crippen molar-refractivity contribution in [2.75, 3.05) is 33.8 Å². The molecule has 0 aliphatic heterocycles. The molecule has 0 amide bonds. The van der Waals surface area contributed by atoms with E-state index in [2.05, 4.69) is 39.2 Å². The van der Waals surface area contributed by atoms with Crippen LogP contribution >= 0.6 is 0 Å². The van der Waals surface area contributed by atoms with Crippen LogP contribution in [0.1, 0.15) is 0 Å². The first kappa shape index (κ1) is 23.0. The standard InChI is InChI=1S/C14H18N6O8S2/c1-25-13-16-11(17-14(18-13)26-2)15-12(19-27-3)20-29(21,22)9-7-5-6-8-10(9)30(23,24)28-4/h5-8H,1-4H3,(H2,15,16,17,18,19,20). The van der Waals surface area contributed by atoms with E-state index in [1.54, 1.807) is 0 Å². The van der Waals surface area contributed by atoms with E-state index >= 15 is 0 Å². The van der Waals surface area contributed by atoms with Gasteiger partial charge in [-0.2, -0.15) is 18.4 Å². The molecule has 0 aliphatic carbocycles. The van der Waals surface area contributed by atoms with Crippen molar-refractivity contribution in [3.05, 3.63) is 24.3 Å². The number of hydrogen-bond donors (Lipinski definition) is 2. The highest BCUT2D eigenvalue weighted by atomic mass is 32.2. The van der Waals surface area contributed by atoms with Gasteiger partial charge in [0.25, 0.3) is 26.1 Å². The third kappa shape index (κ3) is 5.43. The molecule has 0 bridgehead atoms. The third-order valence-corrected chi connectivity index (χ3v) is 6.09. The molecule has 2 rings (SSSR count). The minimum Gasteiger partial charge on any atom is -0.467 e. The minimum absolute atomic E-state index is 0.125. The monoisotopic (exact) mass is 462 g/mol. The van der Waals surface area contributed by atoms with E-state index in [1.165, 1.54) is 26.4 Å². The number of benzene rings is 1. The number of oxime groups is 1. The zero-order valence-electron chi connectivity index (χ0n) is 16.2. The molecule has 0 radical (unpaired) electrons. The molecule has 0 aliphatic rings. The molecule has 0 unspecified atom stereocenters. The van der Waals surface area contributed by atoms with Crippen molar-refractivity contribution < 1.29 is 35.3 Å². The van der Waals surface area contributed by atoms with E-state index in [0.717, 1.165) is 26.4 Å². The van der Waals surface area contributed by atoms with Crippen LogP contribution in [0.2, 0.25) is 0 Å². The van der Waals surface area contributed by atoms with E-state index < -0.39 is 35.9 Å². The molecular formula is C14H18N6O8S2. The zero-order valence-corrected chi connectivity index (χ0v) is 17.8. The molecule has 2 N–H and O–H groups in total. The summed E-state index contributed by atoms with van der Waals surface area (Å²) in [6.45, 7) is 0. The van der Waals surface area contributed by atoms with Crippen LogP contribution in [0.5, 0.6) is 12.0 Å². The minimum atomic E-state index is -4.47. The first-order valence-corrected chi connectivity index (χ1v) is 10.7. The van der Waals surface area contributed by atoms with Crippen LogP contribution in [0, 0.1) is 0 Å². The quantitative estimate of drug-likeness (QED) is 0.223. The van der Waals surface area contributed by atoms with Gasteiger partial charge >= 0.3 is 12.0 Å². The molecule has 0 saturated heterocycles. The maximum absolute atomic E-state index is 12.8. The molecule has 1 aromatic heterocycles. The van der Waals surface area contributed by atoms with Crippen LogP contribution < -0.4 is 19.5 Å². The van der Waals surface area contributed by atoms with Crippen LogP contribution in [0.3, 0.4) is 0 Å². The van der Waals surface area contributed by atoms with Crippen LogP contribution in [-0.2, 0) is 29.2 Å². The summed E-state index contributed by atoms with van der Waals surface area (Å²) in [4.78, 5) is 15.0. The average Bonchev–Trinajstić information content (AvgIpc) is 2.73. The van der Waals surface area contributed by atoms with Crippen LogP contribution in [-0.4, -0.2) is 66.2 Å². The molecule has 14 nitrogen and oxygen atoms in total. The number of ether oxygens (including phenoxy) is 2. The number of rotatable bonds is 8. The van der Waals surface area contributed by atoms with Crippen molar-refractivity contribution in [3.63, 3.8) is 0 Å². The van der Waals surface area contributed by atoms with Gasteiger partial charge in [-0.3, -0.25) is 9.50 Å². The fraction of sp³-hybridized carbons (Fsp3) is 0.286. The maximum atomic E-state index is 12.8. The second-order valence-electron chi connectivity index (χ2n) is 5.05. The van der Waals surface area contributed by atoms with Gasteiger partial charge in [0.2, 0.25) is 5.95 Å². The Morgan fingerprint density at radius 1 is 0.900 bits per heavy atom.